The Balaban J connectivity index is 4.38. The average molecular weight is 359 g/mol. The summed E-state index contributed by atoms with van der Waals surface area (Å²) in [6.45, 7) is 6.56. The summed E-state index contributed by atoms with van der Waals surface area (Å²) in [5.41, 5.74) is 0. The highest BCUT2D eigenvalue weighted by Gasteiger charge is 2.18. The minimum atomic E-state index is -0.249. The zero-order valence-corrected chi connectivity index (χ0v) is 16.4. The van der Waals surface area contributed by atoms with Gasteiger partial charge in [0.25, 0.3) is 0 Å². The van der Waals surface area contributed by atoms with Crippen molar-refractivity contribution in [3.63, 3.8) is 0 Å². The number of allylic oxidation sites excluding steroid dienone is 2. The Bertz CT molecular complexity index is 366. The first-order chi connectivity index (χ1) is 11.6. The molecule has 0 amide bonds. The second-order valence-corrected chi connectivity index (χ2v) is 6.76. The van der Waals surface area contributed by atoms with E-state index in [-0.39, 0.29) is 23.0 Å². The molecule has 0 aliphatic heterocycles. The molecule has 0 bridgehead atoms. The van der Waals surface area contributed by atoms with E-state index < -0.39 is 0 Å². The highest BCUT2D eigenvalue weighted by molar-refractivity contribution is 6.63. The molecule has 0 aliphatic carbocycles. The lowest BCUT2D eigenvalue weighted by Gasteiger charge is -2.14. The van der Waals surface area contributed by atoms with Crippen LogP contribution >= 0.6 is 11.6 Å². The van der Waals surface area contributed by atoms with Crippen LogP contribution in [0, 0.1) is 11.8 Å². The zero-order chi connectivity index (χ0) is 18.2. The monoisotopic (exact) mass is 358 g/mol. The predicted molar refractivity (Wildman–Crippen MR) is 101 cm³/mol. The van der Waals surface area contributed by atoms with Crippen LogP contribution in [0.5, 0.6) is 0 Å². The molecular formula is C20H35ClO3. The lowest BCUT2D eigenvalue weighted by Crippen LogP contribution is -2.17. The van der Waals surface area contributed by atoms with Crippen molar-refractivity contribution >= 4 is 22.8 Å². The van der Waals surface area contributed by atoms with Crippen LogP contribution in [0.25, 0.3) is 0 Å². The molecule has 0 radical (unpaired) electrons. The Labute approximate surface area is 153 Å². The van der Waals surface area contributed by atoms with Crippen molar-refractivity contribution in [1.29, 1.82) is 0 Å². The lowest BCUT2D eigenvalue weighted by molar-refractivity contribution is -0.148. The van der Waals surface area contributed by atoms with Crippen LogP contribution in [0.4, 0.5) is 0 Å². The van der Waals surface area contributed by atoms with Gasteiger partial charge in [-0.15, -0.1) is 0 Å². The SMILES string of the molecule is CCCCCC(CC=CCC(CCCCC)C(=O)OCC)C(=O)Cl. The van der Waals surface area contributed by atoms with Gasteiger partial charge in [-0.05, 0) is 44.2 Å². The van der Waals surface area contributed by atoms with Gasteiger partial charge in [0, 0.05) is 5.92 Å². The minimum absolute atomic E-state index is 0.0713. The standard InChI is InChI=1S/C20H35ClO3/c1-4-7-9-13-17(19(21)22)14-11-12-16-18(15-10-8-5-2)20(23)24-6-3/h11-12,17-18H,4-10,13-16H2,1-3H3. The van der Waals surface area contributed by atoms with E-state index >= 15 is 0 Å². The van der Waals surface area contributed by atoms with E-state index in [1.807, 2.05) is 19.1 Å². The Morgan fingerprint density at radius 2 is 1.38 bits per heavy atom. The maximum absolute atomic E-state index is 12.0. The second-order valence-electron chi connectivity index (χ2n) is 6.38. The van der Waals surface area contributed by atoms with Gasteiger partial charge in [-0.3, -0.25) is 9.59 Å². The summed E-state index contributed by atoms with van der Waals surface area (Å²) in [6.07, 6.45) is 13.7. The second kappa shape index (κ2) is 15.7. The number of carbonyl (C=O) groups excluding carboxylic acids is 2. The molecule has 0 rings (SSSR count). The van der Waals surface area contributed by atoms with Crippen LogP contribution in [0.15, 0.2) is 12.2 Å². The van der Waals surface area contributed by atoms with Crippen molar-refractivity contribution in [2.24, 2.45) is 11.8 Å². The molecular weight excluding hydrogens is 324 g/mol. The first-order valence-corrected chi connectivity index (χ1v) is 9.95. The van der Waals surface area contributed by atoms with Crippen molar-refractivity contribution in [3.8, 4) is 0 Å². The van der Waals surface area contributed by atoms with Crippen molar-refractivity contribution in [3.05, 3.63) is 12.2 Å². The number of carbonyl (C=O) groups is 2. The van der Waals surface area contributed by atoms with Gasteiger partial charge in [0.15, 0.2) is 0 Å². The topological polar surface area (TPSA) is 43.4 Å². The summed E-state index contributed by atoms with van der Waals surface area (Å²) in [4.78, 5) is 23.5. The van der Waals surface area contributed by atoms with E-state index in [2.05, 4.69) is 13.8 Å². The zero-order valence-electron chi connectivity index (χ0n) is 15.7. The number of rotatable bonds is 15. The number of hydrogen-bond acceptors (Lipinski definition) is 3. The molecule has 0 N–H and O–H groups in total. The van der Waals surface area contributed by atoms with Gasteiger partial charge in [0.2, 0.25) is 5.24 Å². The van der Waals surface area contributed by atoms with Crippen LogP contribution in [-0.2, 0) is 14.3 Å². The smallest absolute Gasteiger partial charge is 0.309 e. The van der Waals surface area contributed by atoms with Crippen molar-refractivity contribution in [2.75, 3.05) is 6.61 Å². The maximum atomic E-state index is 12.0. The average Bonchev–Trinajstić information content (AvgIpc) is 2.55. The number of hydrogen-bond donors (Lipinski definition) is 0. The summed E-state index contributed by atoms with van der Waals surface area (Å²) in [5.74, 6) is -0.278. The Morgan fingerprint density at radius 3 is 1.83 bits per heavy atom. The van der Waals surface area contributed by atoms with Crippen LogP contribution in [0.3, 0.4) is 0 Å². The summed E-state index contributed by atoms with van der Waals surface area (Å²) < 4.78 is 5.17. The van der Waals surface area contributed by atoms with Gasteiger partial charge in [0.05, 0.1) is 12.5 Å². The molecule has 3 nitrogen and oxygen atoms in total. The molecule has 0 aliphatic rings. The van der Waals surface area contributed by atoms with E-state index in [0.717, 1.165) is 51.4 Å². The van der Waals surface area contributed by atoms with Gasteiger partial charge < -0.3 is 4.74 Å². The fourth-order valence-corrected chi connectivity index (χ4v) is 2.92. The summed E-state index contributed by atoms with van der Waals surface area (Å²) in [6, 6.07) is 0. The van der Waals surface area contributed by atoms with E-state index in [0.29, 0.717) is 19.4 Å². The molecule has 0 spiro atoms. The number of esters is 1. The van der Waals surface area contributed by atoms with Crippen LogP contribution < -0.4 is 0 Å². The van der Waals surface area contributed by atoms with Gasteiger partial charge in [-0.25, -0.2) is 0 Å². The number of ether oxygens (including phenoxy) is 1. The molecule has 0 fully saturated rings. The first-order valence-electron chi connectivity index (χ1n) is 9.57. The molecule has 0 heterocycles. The molecule has 0 saturated carbocycles. The maximum Gasteiger partial charge on any atom is 0.309 e. The summed E-state index contributed by atoms with van der Waals surface area (Å²) >= 11 is 5.69. The molecule has 0 saturated heterocycles. The Hall–Kier alpha value is -0.830. The van der Waals surface area contributed by atoms with E-state index in [1.54, 1.807) is 0 Å². The third-order valence-corrected chi connectivity index (χ3v) is 4.57. The lowest BCUT2D eigenvalue weighted by atomic mass is 9.95. The molecule has 2 unspecified atom stereocenters. The quantitative estimate of drug-likeness (QED) is 0.155. The normalized spacial score (nSPS) is 13.8. The van der Waals surface area contributed by atoms with Crippen LogP contribution in [0.2, 0.25) is 0 Å². The highest BCUT2D eigenvalue weighted by atomic mass is 35.5. The van der Waals surface area contributed by atoms with Crippen LogP contribution in [-0.4, -0.2) is 17.8 Å². The predicted octanol–water partition coefficient (Wildman–Crippen LogP) is 6.04. The summed E-state index contributed by atoms with van der Waals surface area (Å²) in [7, 11) is 0. The minimum Gasteiger partial charge on any atom is -0.466 e. The molecule has 24 heavy (non-hydrogen) atoms. The first kappa shape index (κ1) is 23.2. The Kier molecular flexibility index (Phi) is 15.1. The van der Waals surface area contributed by atoms with Gasteiger partial charge in [-0.1, -0.05) is 64.5 Å². The molecule has 140 valence electrons. The van der Waals surface area contributed by atoms with Crippen molar-refractivity contribution in [2.45, 2.75) is 85.0 Å². The van der Waals surface area contributed by atoms with E-state index in [1.165, 1.54) is 0 Å². The van der Waals surface area contributed by atoms with Crippen molar-refractivity contribution in [1.82, 2.24) is 0 Å². The molecule has 0 aromatic rings. The fraction of sp³-hybridized carbons (Fsp3) is 0.800. The highest BCUT2D eigenvalue weighted by Crippen LogP contribution is 2.20. The van der Waals surface area contributed by atoms with Gasteiger partial charge in [-0.2, -0.15) is 0 Å². The van der Waals surface area contributed by atoms with Gasteiger partial charge >= 0.3 is 5.97 Å². The largest absolute Gasteiger partial charge is 0.466 e. The van der Waals surface area contributed by atoms with Crippen LogP contribution in [0.1, 0.15) is 85.0 Å². The number of halogens is 1. The molecule has 2 atom stereocenters. The number of unbranched alkanes of at least 4 members (excludes halogenated alkanes) is 4. The van der Waals surface area contributed by atoms with Gasteiger partial charge in [0.1, 0.15) is 0 Å². The molecule has 0 aromatic carbocycles. The molecule has 0 aromatic heterocycles. The van der Waals surface area contributed by atoms with E-state index in [4.69, 9.17) is 16.3 Å². The third-order valence-electron chi connectivity index (χ3n) is 4.26. The fourth-order valence-electron chi connectivity index (χ4n) is 2.72. The van der Waals surface area contributed by atoms with Crippen molar-refractivity contribution < 1.29 is 14.3 Å². The third kappa shape index (κ3) is 11.7. The van der Waals surface area contributed by atoms with E-state index in [9.17, 15) is 9.59 Å². The summed E-state index contributed by atoms with van der Waals surface area (Å²) in [5, 5.41) is -0.249. The Morgan fingerprint density at radius 1 is 0.875 bits per heavy atom. The molecule has 4 heteroatoms.